The van der Waals surface area contributed by atoms with Crippen LogP contribution < -0.4 is 4.74 Å². The summed E-state index contributed by atoms with van der Waals surface area (Å²) in [5.41, 5.74) is 0.875. The highest BCUT2D eigenvalue weighted by Gasteiger charge is 2.15. The highest BCUT2D eigenvalue weighted by Crippen LogP contribution is 2.25. The van der Waals surface area contributed by atoms with Gasteiger partial charge in [-0.15, -0.1) is 5.10 Å². The molecule has 2 rings (SSSR count). The minimum atomic E-state index is 0.116. The maximum Gasteiger partial charge on any atom is 0.159 e. The lowest BCUT2D eigenvalue weighted by molar-refractivity contribution is 0.241. The molecule has 0 radical (unpaired) electrons. The molecule has 1 heterocycles. The van der Waals surface area contributed by atoms with E-state index in [4.69, 9.17) is 4.74 Å². The van der Waals surface area contributed by atoms with Gasteiger partial charge in [-0.2, -0.15) is 4.68 Å². The van der Waals surface area contributed by atoms with Gasteiger partial charge in [-0.3, -0.25) is 0 Å². The van der Waals surface area contributed by atoms with Gasteiger partial charge in [0, 0.05) is 5.92 Å². The number of benzene rings is 1. The maximum atomic E-state index is 5.79. The molecule has 0 amide bonds. The number of hydrogen-bond donors (Lipinski definition) is 0. The highest BCUT2D eigenvalue weighted by molar-refractivity contribution is 5.46. The summed E-state index contributed by atoms with van der Waals surface area (Å²) in [5, 5.41) is 11.9. The Morgan fingerprint density at radius 2 is 1.83 bits per heavy atom. The standard InChI is InChI=1S/C13H18N4O/c1-9(2)13-14-15-16-17(13)11-7-5-6-8-12(11)18-10(3)4/h5-10H,1-4H3. The number of rotatable bonds is 4. The molecule has 0 aliphatic rings. The zero-order valence-corrected chi connectivity index (χ0v) is 11.2. The first-order chi connectivity index (χ1) is 8.59. The van der Waals surface area contributed by atoms with Gasteiger partial charge < -0.3 is 4.74 Å². The van der Waals surface area contributed by atoms with E-state index in [-0.39, 0.29) is 12.0 Å². The second kappa shape index (κ2) is 5.16. The normalized spacial score (nSPS) is 11.2. The fraction of sp³-hybridized carbons (Fsp3) is 0.462. The molecular formula is C13H18N4O. The molecule has 5 heteroatoms. The monoisotopic (exact) mass is 246 g/mol. The van der Waals surface area contributed by atoms with E-state index < -0.39 is 0 Å². The fourth-order valence-electron chi connectivity index (χ4n) is 1.71. The van der Waals surface area contributed by atoms with Gasteiger partial charge in [0.15, 0.2) is 5.82 Å². The van der Waals surface area contributed by atoms with Crippen molar-refractivity contribution in [3.63, 3.8) is 0 Å². The summed E-state index contributed by atoms with van der Waals surface area (Å²) < 4.78 is 7.53. The summed E-state index contributed by atoms with van der Waals surface area (Å²) in [4.78, 5) is 0. The Hall–Kier alpha value is -1.91. The zero-order chi connectivity index (χ0) is 13.1. The third-order valence-corrected chi connectivity index (χ3v) is 2.47. The van der Waals surface area contributed by atoms with Crippen molar-refractivity contribution in [2.75, 3.05) is 0 Å². The molecule has 0 unspecified atom stereocenters. The van der Waals surface area contributed by atoms with E-state index in [0.29, 0.717) is 0 Å². The predicted molar refractivity (Wildman–Crippen MR) is 69.0 cm³/mol. The third-order valence-electron chi connectivity index (χ3n) is 2.47. The van der Waals surface area contributed by atoms with Gasteiger partial charge in [-0.05, 0) is 36.4 Å². The quantitative estimate of drug-likeness (QED) is 0.832. The van der Waals surface area contributed by atoms with Crippen LogP contribution in [0.2, 0.25) is 0 Å². The van der Waals surface area contributed by atoms with Crippen molar-refractivity contribution in [1.29, 1.82) is 0 Å². The van der Waals surface area contributed by atoms with Crippen molar-refractivity contribution in [1.82, 2.24) is 20.2 Å². The van der Waals surface area contributed by atoms with Gasteiger partial charge in [0.1, 0.15) is 11.4 Å². The minimum Gasteiger partial charge on any atom is -0.489 e. The molecule has 1 aromatic carbocycles. The van der Waals surface area contributed by atoms with Gasteiger partial charge in [0.2, 0.25) is 0 Å². The van der Waals surface area contributed by atoms with Crippen LogP contribution in [-0.2, 0) is 0 Å². The van der Waals surface area contributed by atoms with Crippen LogP contribution >= 0.6 is 0 Å². The zero-order valence-electron chi connectivity index (χ0n) is 11.2. The molecular weight excluding hydrogens is 228 g/mol. The van der Waals surface area contributed by atoms with Crippen LogP contribution in [0.4, 0.5) is 0 Å². The summed E-state index contributed by atoms with van der Waals surface area (Å²) >= 11 is 0. The molecule has 1 aromatic heterocycles. The van der Waals surface area contributed by atoms with E-state index in [1.165, 1.54) is 0 Å². The van der Waals surface area contributed by atoms with E-state index in [0.717, 1.165) is 17.3 Å². The lowest BCUT2D eigenvalue weighted by Crippen LogP contribution is -2.11. The van der Waals surface area contributed by atoms with Crippen molar-refractivity contribution < 1.29 is 4.74 Å². The van der Waals surface area contributed by atoms with Crippen molar-refractivity contribution in [3.8, 4) is 11.4 Å². The van der Waals surface area contributed by atoms with Crippen molar-refractivity contribution in [2.45, 2.75) is 39.7 Å². The Labute approximate surface area is 107 Å². The number of hydrogen-bond acceptors (Lipinski definition) is 4. The van der Waals surface area contributed by atoms with E-state index >= 15 is 0 Å². The van der Waals surface area contributed by atoms with Crippen molar-refractivity contribution in [3.05, 3.63) is 30.1 Å². The Bertz CT molecular complexity index is 519. The minimum absolute atomic E-state index is 0.116. The van der Waals surface area contributed by atoms with Crippen molar-refractivity contribution in [2.24, 2.45) is 0 Å². The maximum absolute atomic E-state index is 5.79. The van der Waals surface area contributed by atoms with Gasteiger partial charge in [-0.25, -0.2) is 0 Å². The molecule has 0 aliphatic heterocycles. The van der Waals surface area contributed by atoms with Crippen LogP contribution in [0.25, 0.3) is 5.69 Å². The van der Waals surface area contributed by atoms with Gasteiger partial charge in [0.05, 0.1) is 6.10 Å². The average Bonchev–Trinajstić information content (AvgIpc) is 2.77. The summed E-state index contributed by atoms with van der Waals surface area (Å²) in [7, 11) is 0. The average molecular weight is 246 g/mol. The number of nitrogens with zero attached hydrogens (tertiary/aromatic N) is 4. The van der Waals surface area contributed by atoms with Gasteiger partial charge in [0.25, 0.3) is 0 Å². The molecule has 96 valence electrons. The lowest BCUT2D eigenvalue weighted by Gasteiger charge is -2.15. The van der Waals surface area contributed by atoms with E-state index in [1.54, 1.807) is 4.68 Å². The molecule has 0 N–H and O–H groups in total. The highest BCUT2D eigenvalue weighted by atomic mass is 16.5. The predicted octanol–water partition coefficient (Wildman–Crippen LogP) is 2.57. The van der Waals surface area contributed by atoms with Crippen LogP contribution in [0, 0.1) is 0 Å². The van der Waals surface area contributed by atoms with E-state index in [1.807, 2.05) is 38.1 Å². The Morgan fingerprint density at radius 1 is 1.11 bits per heavy atom. The lowest BCUT2D eigenvalue weighted by atomic mass is 10.2. The Balaban J connectivity index is 2.46. The summed E-state index contributed by atoms with van der Waals surface area (Å²) in [6.45, 7) is 8.13. The second-order valence-corrected chi connectivity index (χ2v) is 4.74. The smallest absolute Gasteiger partial charge is 0.159 e. The first-order valence-corrected chi connectivity index (χ1v) is 6.14. The van der Waals surface area contributed by atoms with Crippen LogP contribution in [0.5, 0.6) is 5.75 Å². The first kappa shape index (κ1) is 12.5. The number of para-hydroxylation sites is 2. The fourth-order valence-corrected chi connectivity index (χ4v) is 1.71. The van der Waals surface area contributed by atoms with Gasteiger partial charge >= 0.3 is 0 Å². The summed E-state index contributed by atoms with van der Waals surface area (Å²) in [5.74, 6) is 1.88. The second-order valence-electron chi connectivity index (χ2n) is 4.74. The van der Waals surface area contributed by atoms with Crippen LogP contribution in [0.1, 0.15) is 39.4 Å². The largest absolute Gasteiger partial charge is 0.489 e. The van der Waals surface area contributed by atoms with Crippen LogP contribution in [0.15, 0.2) is 24.3 Å². The molecule has 0 spiro atoms. The molecule has 0 saturated heterocycles. The molecule has 0 atom stereocenters. The molecule has 0 aliphatic carbocycles. The van der Waals surface area contributed by atoms with E-state index in [2.05, 4.69) is 29.4 Å². The molecule has 5 nitrogen and oxygen atoms in total. The van der Waals surface area contributed by atoms with E-state index in [9.17, 15) is 0 Å². The Kier molecular flexibility index (Phi) is 3.60. The first-order valence-electron chi connectivity index (χ1n) is 6.14. The summed E-state index contributed by atoms with van der Waals surface area (Å²) in [6, 6.07) is 7.79. The van der Waals surface area contributed by atoms with Crippen molar-refractivity contribution >= 4 is 0 Å². The van der Waals surface area contributed by atoms with Crippen LogP contribution in [-0.4, -0.2) is 26.3 Å². The number of tetrazole rings is 1. The molecule has 18 heavy (non-hydrogen) atoms. The molecule has 0 saturated carbocycles. The third kappa shape index (κ3) is 2.50. The van der Waals surface area contributed by atoms with Gasteiger partial charge in [-0.1, -0.05) is 26.0 Å². The number of aromatic nitrogens is 4. The SMILES string of the molecule is CC(C)Oc1ccccc1-n1nnnc1C(C)C. The van der Waals surface area contributed by atoms with Crippen LogP contribution in [0.3, 0.4) is 0 Å². The molecule has 0 fully saturated rings. The number of ether oxygens (including phenoxy) is 1. The Morgan fingerprint density at radius 3 is 2.50 bits per heavy atom. The molecule has 2 aromatic rings. The topological polar surface area (TPSA) is 52.8 Å². The summed E-state index contributed by atoms with van der Waals surface area (Å²) in [6.07, 6.45) is 0.116. The molecule has 0 bridgehead atoms.